The molecule has 0 aromatic heterocycles. The zero-order valence-electron chi connectivity index (χ0n) is 36.6. The van der Waals surface area contributed by atoms with Crippen molar-refractivity contribution in [1.82, 2.24) is 18.1 Å². The predicted molar refractivity (Wildman–Crippen MR) is 248 cm³/mol. The van der Waals surface area contributed by atoms with Crippen LogP contribution in [0.3, 0.4) is 0 Å². The summed E-state index contributed by atoms with van der Waals surface area (Å²) < 4.78 is 70.4. The Kier molecular flexibility index (Phi) is 19.4. The number of aliphatic carboxylic acids is 4. The van der Waals surface area contributed by atoms with Gasteiger partial charge in [-0.15, -0.1) is 0 Å². The minimum Gasteiger partial charge on any atom is -0.481 e. The number of carbonyl (C=O) groups excluding carboxylic acids is 2. The third-order valence-electron chi connectivity index (χ3n) is 9.61. The summed E-state index contributed by atoms with van der Waals surface area (Å²) in [6, 6.07) is 18.2. The van der Waals surface area contributed by atoms with Crippen molar-refractivity contribution in [2.24, 2.45) is 11.5 Å². The average molecular weight is 1010 g/mol. The van der Waals surface area contributed by atoms with E-state index >= 15 is 0 Å². The smallest absolute Gasteiger partial charge is 0.343 e. The molecule has 0 saturated carbocycles. The van der Waals surface area contributed by atoms with Gasteiger partial charge in [-0.2, -0.15) is 34.9 Å². The number of unbranched alkanes of at least 4 members (excludes halogenated alkanes) is 1. The lowest BCUT2D eigenvalue weighted by molar-refractivity contribution is -0.148. The number of nitrogens with one attached hydrogen (secondary N) is 6. The Hall–Kier alpha value is -8.02. The number of carboxylic acid groups (broad SMARTS) is 4. The SMILES string of the molecule is N=C(N)Nc1ccc(C(=O)Oc2ccc(CNS(=O)(=O)N(CCCCN([C@@H](CC(=O)O)C(=O)O)S(=O)(=O)NCc3ccc(OC(=O)c4ccc(NC(=N)N)cc4)cc3)[C@@H](CC(=O)O)C(=O)O)cc2)cc1. The molecular formula is C42H48N10O16S2. The number of nitrogens with zero attached hydrogens (tertiary/aromatic N) is 2. The molecule has 0 bridgehead atoms. The van der Waals surface area contributed by atoms with Crippen LogP contribution in [-0.2, 0) is 52.7 Å². The van der Waals surface area contributed by atoms with Crippen LogP contribution in [0.2, 0.25) is 0 Å². The fourth-order valence-corrected chi connectivity index (χ4v) is 9.03. The van der Waals surface area contributed by atoms with E-state index in [4.69, 9.17) is 31.8 Å². The summed E-state index contributed by atoms with van der Waals surface area (Å²) in [6.07, 6.45) is -3.19. The number of nitrogens with two attached hydrogens (primary N) is 2. The number of guanidine groups is 2. The molecule has 70 heavy (non-hydrogen) atoms. The van der Waals surface area contributed by atoms with E-state index in [2.05, 4.69) is 20.1 Å². The number of anilines is 2. The highest BCUT2D eigenvalue weighted by Gasteiger charge is 2.38. The first-order valence-electron chi connectivity index (χ1n) is 20.4. The zero-order valence-corrected chi connectivity index (χ0v) is 38.2. The fourth-order valence-electron chi connectivity index (χ4n) is 6.27. The van der Waals surface area contributed by atoms with Crippen LogP contribution in [0.4, 0.5) is 11.4 Å². The summed E-state index contributed by atoms with van der Waals surface area (Å²) >= 11 is 0. The lowest BCUT2D eigenvalue weighted by Gasteiger charge is -2.29. The highest BCUT2D eigenvalue weighted by molar-refractivity contribution is 7.87. The molecule has 0 amide bonds. The summed E-state index contributed by atoms with van der Waals surface area (Å²) in [5.74, 6) is -9.01. The summed E-state index contributed by atoms with van der Waals surface area (Å²) in [5.41, 5.74) is 12.4. The van der Waals surface area contributed by atoms with Gasteiger partial charge in [-0.05, 0) is 96.8 Å². The van der Waals surface area contributed by atoms with Crippen LogP contribution >= 0.6 is 0 Å². The van der Waals surface area contributed by atoms with Gasteiger partial charge in [0.25, 0.3) is 20.4 Å². The van der Waals surface area contributed by atoms with Gasteiger partial charge in [0.15, 0.2) is 11.9 Å². The van der Waals surface area contributed by atoms with Gasteiger partial charge in [0.1, 0.15) is 23.6 Å². The summed E-state index contributed by atoms with van der Waals surface area (Å²) in [4.78, 5) is 73.2. The van der Waals surface area contributed by atoms with Crippen LogP contribution in [0, 0.1) is 10.8 Å². The number of carbonyl (C=O) groups is 6. The molecule has 4 aromatic carbocycles. The van der Waals surface area contributed by atoms with Crippen molar-refractivity contribution in [3.05, 3.63) is 119 Å². The van der Waals surface area contributed by atoms with Gasteiger partial charge < -0.3 is 52.0 Å². The van der Waals surface area contributed by atoms with Crippen LogP contribution in [0.1, 0.15) is 57.5 Å². The normalized spacial score (nSPS) is 12.3. The largest absolute Gasteiger partial charge is 0.481 e. The molecule has 0 aliphatic heterocycles. The molecule has 4 rings (SSSR count). The van der Waals surface area contributed by atoms with Crippen LogP contribution in [0.25, 0.3) is 0 Å². The molecule has 0 fully saturated rings. The van der Waals surface area contributed by atoms with E-state index in [0.29, 0.717) is 20.0 Å². The summed E-state index contributed by atoms with van der Waals surface area (Å²) in [5, 5.41) is 58.4. The molecular weight excluding hydrogens is 965 g/mol. The Morgan fingerprint density at radius 2 is 0.843 bits per heavy atom. The maximum atomic E-state index is 13.7. The first-order chi connectivity index (χ1) is 32.9. The molecule has 28 heteroatoms. The lowest BCUT2D eigenvalue weighted by Crippen LogP contribution is -2.52. The second kappa shape index (κ2) is 24.8. The quantitative estimate of drug-likeness (QED) is 0.0132. The number of carboxylic acids is 4. The van der Waals surface area contributed by atoms with E-state index < -0.39 is 120 Å². The first kappa shape index (κ1) is 54.6. The molecule has 0 heterocycles. The van der Waals surface area contributed by atoms with Crippen LogP contribution < -0.4 is 41.0 Å². The molecule has 0 radical (unpaired) electrons. The highest BCUT2D eigenvalue weighted by Crippen LogP contribution is 2.21. The standard InChI is InChI=1S/C42H48N10O16S2/c43-41(44)49-29-11-7-27(8-12-29)39(61)67-31-15-3-25(4-16-31)23-47-69(63,64)51(33(37(57)58)21-35(53)54)19-1-2-20-52(34(38(59)60)22-36(55)56)70(65,66)48-24-26-5-17-32(18-6-26)68-40(62)28-9-13-30(14-10-28)50-42(45)46/h3-18,33-34,47-48H,1-2,19-24H2,(H,53,54)(H,55,56)(H,57,58)(H,59,60)(H4,43,44,49)(H4,45,46,50)/t33-,34-/m0/s1. The van der Waals surface area contributed by atoms with E-state index in [1.54, 1.807) is 0 Å². The average Bonchev–Trinajstić information content (AvgIpc) is 3.28. The fraction of sp³-hybridized carbons (Fsp3) is 0.238. The molecule has 374 valence electrons. The minimum atomic E-state index is -4.86. The third-order valence-corrected chi connectivity index (χ3v) is 12.7. The van der Waals surface area contributed by atoms with Crippen molar-refractivity contribution in [3.63, 3.8) is 0 Å². The van der Waals surface area contributed by atoms with E-state index in [0.717, 1.165) is 0 Å². The maximum Gasteiger partial charge on any atom is 0.343 e. The van der Waals surface area contributed by atoms with Crippen LogP contribution in [-0.4, -0.2) is 119 Å². The van der Waals surface area contributed by atoms with E-state index in [1.165, 1.54) is 97.1 Å². The van der Waals surface area contributed by atoms with Gasteiger partial charge in [0, 0.05) is 37.6 Å². The van der Waals surface area contributed by atoms with Crippen LogP contribution in [0.5, 0.6) is 11.5 Å². The predicted octanol–water partition coefficient (Wildman–Crippen LogP) is 1.34. The molecule has 4 aromatic rings. The Morgan fingerprint density at radius 1 is 0.529 bits per heavy atom. The molecule has 0 aliphatic carbocycles. The Bertz CT molecular complexity index is 2590. The van der Waals surface area contributed by atoms with Crippen molar-refractivity contribution >= 4 is 79.5 Å². The van der Waals surface area contributed by atoms with Crippen molar-refractivity contribution in [3.8, 4) is 11.5 Å². The molecule has 0 saturated heterocycles. The second-order valence-corrected chi connectivity index (χ2v) is 18.2. The minimum absolute atomic E-state index is 0.0657. The zero-order chi connectivity index (χ0) is 51.8. The van der Waals surface area contributed by atoms with Gasteiger partial charge in [-0.1, -0.05) is 24.3 Å². The van der Waals surface area contributed by atoms with Crippen molar-refractivity contribution in [2.45, 2.75) is 50.9 Å². The number of hydrogen-bond donors (Lipinski definition) is 12. The van der Waals surface area contributed by atoms with E-state index in [1.807, 2.05) is 0 Å². The number of hydrogen-bond acceptors (Lipinski definition) is 14. The topological polar surface area (TPSA) is 424 Å². The Morgan fingerprint density at radius 3 is 1.11 bits per heavy atom. The van der Waals surface area contributed by atoms with Crippen molar-refractivity contribution in [2.75, 3.05) is 23.7 Å². The van der Waals surface area contributed by atoms with Gasteiger partial charge >= 0.3 is 35.8 Å². The monoisotopic (exact) mass is 1010 g/mol. The van der Waals surface area contributed by atoms with E-state index in [9.17, 15) is 66.0 Å². The number of rotatable bonds is 27. The molecule has 26 nitrogen and oxygen atoms in total. The number of esters is 2. The lowest BCUT2D eigenvalue weighted by atomic mass is 10.2. The third kappa shape index (κ3) is 16.9. The Balaban J connectivity index is 1.43. The first-order valence-corrected chi connectivity index (χ1v) is 23.3. The van der Waals surface area contributed by atoms with Gasteiger partial charge in [0.05, 0.1) is 24.0 Å². The molecule has 0 spiro atoms. The molecule has 14 N–H and O–H groups in total. The molecule has 2 atom stereocenters. The van der Waals surface area contributed by atoms with Crippen LogP contribution in [0.15, 0.2) is 97.1 Å². The summed E-state index contributed by atoms with van der Waals surface area (Å²) in [7, 11) is -9.72. The number of ether oxygens (including phenoxy) is 2. The van der Waals surface area contributed by atoms with E-state index in [-0.39, 0.29) is 45.7 Å². The maximum absolute atomic E-state index is 13.7. The van der Waals surface area contributed by atoms with Gasteiger partial charge in [0.2, 0.25) is 0 Å². The highest BCUT2D eigenvalue weighted by atomic mass is 32.2. The second-order valence-electron chi connectivity index (χ2n) is 14.8. The van der Waals surface area contributed by atoms with Gasteiger partial charge in [-0.3, -0.25) is 30.0 Å². The van der Waals surface area contributed by atoms with Gasteiger partial charge in [-0.25, -0.2) is 9.59 Å². The summed E-state index contributed by atoms with van der Waals surface area (Å²) in [6.45, 7) is -2.43. The molecule has 0 aliphatic rings. The molecule has 0 unspecified atom stereocenters. The van der Waals surface area contributed by atoms with Crippen molar-refractivity contribution in [1.29, 1.82) is 10.8 Å². The Labute approximate surface area is 399 Å². The van der Waals surface area contributed by atoms with Crippen molar-refractivity contribution < 1.29 is 75.5 Å². The number of benzene rings is 4.